The van der Waals surface area contributed by atoms with Gasteiger partial charge >= 0.3 is 0 Å². The van der Waals surface area contributed by atoms with Crippen molar-refractivity contribution in [1.82, 2.24) is 19.8 Å². The molecule has 1 amide bonds. The fourth-order valence-corrected chi connectivity index (χ4v) is 4.90. The molecule has 0 radical (unpaired) electrons. The topological polar surface area (TPSA) is 58.6 Å². The normalized spacial score (nSPS) is 21.9. The van der Waals surface area contributed by atoms with Crippen molar-refractivity contribution < 1.29 is 9.53 Å². The van der Waals surface area contributed by atoms with Gasteiger partial charge < -0.3 is 9.64 Å². The molecule has 27 heavy (non-hydrogen) atoms. The van der Waals surface area contributed by atoms with Gasteiger partial charge in [-0.1, -0.05) is 23.5 Å². The van der Waals surface area contributed by atoms with Crippen LogP contribution in [-0.2, 0) is 11.3 Å². The highest BCUT2D eigenvalue weighted by molar-refractivity contribution is 7.19. The summed E-state index contributed by atoms with van der Waals surface area (Å²) in [5.74, 6) is 0.984. The molecule has 7 heteroatoms. The van der Waals surface area contributed by atoms with Crippen LogP contribution in [0.4, 0.5) is 0 Å². The van der Waals surface area contributed by atoms with E-state index in [1.807, 2.05) is 29.2 Å². The molecule has 5 rings (SSSR count). The minimum absolute atomic E-state index is 0.202. The summed E-state index contributed by atoms with van der Waals surface area (Å²) in [6.07, 6.45) is 2.87. The van der Waals surface area contributed by atoms with Crippen molar-refractivity contribution >= 4 is 27.6 Å². The van der Waals surface area contributed by atoms with E-state index in [9.17, 15) is 4.79 Å². The zero-order valence-corrected chi connectivity index (χ0v) is 15.9. The van der Waals surface area contributed by atoms with Gasteiger partial charge in [0.25, 0.3) is 5.19 Å². The molecule has 2 atom stereocenters. The number of thiazole rings is 1. The predicted octanol–water partition coefficient (Wildman–Crippen LogP) is 3.29. The molecule has 0 unspecified atom stereocenters. The molecule has 2 aromatic heterocycles. The Labute approximate surface area is 161 Å². The Morgan fingerprint density at radius 1 is 1.22 bits per heavy atom. The van der Waals surface area contributed by atoms with E-state index in [1.54, 1.807) is 13.1 Å². The molecule has 2 aliphatic heterocycles. The first kappa shape index (κ1) is 16.6. The molecular formula is C20H20N4O2S. The lowest BCUT2D eigenvalue weighted by atomic mass is 10.2. The number of amides is 1. The van der Waals surface area contributed by atoms with Crippen molar-refractivity contribution in [3.05, 3.63) is 48.2 Å². The maximum atomic E-state index is 11.6. The van der Waals surface area contributed by atoms with E-state index in [2.05, 4.69) is 27.0 Å². The molecule has 4 heterocycles. The Bertz CT molecular complexity index is 954. The second-order valence-corrected chi connectivity index (χ2v) is 8.14. The second-order valence-electron chi connectivity index (χ2n) is 7.20. The summed E-state index contributed by atoms with van der Waals surface area (Å²) in [5, 5.41) is 0.609. The molecular weight excluding hydrogens is 360 g/mol. The number of carbonyl (C=O) groups excluding carboxylic acids is 1. The lowest BCUT2D eigenvalue weighted by Gasteiger charge is -2.33. The van der Waals surface area contributed by atoms with Gasteiger partial charge in [-0.15, -0.1) is 0 Å². The molecule has 0 N–H and O–H groups in total. The van der Waals surface area contributed by atoms with Crippen LogP contribution in [-0.4, -0.2) is 50.8 Å². The summed E-state index contributed by atoms with van der Waals surface area (Å²) in [4.78, 5) is 25.8. The molecule has 0 saturated carbocycles. The van der Waals surface area contributed by atoms with Gasteiger partial charge in [0.05, 0.1) is 0 Å². The van der Waals surface area contributed by atoms with Gasteiger partial charge in [-0.25, -0.2) is 9.97 Å². The Kier molecular flexibility index (Phi) is 4.06. The van der Waals surface area contributed by atoms with Gasteiger partial charge in [-0.05, 0) is 36.2 Å². The molecule has 2 saturated heterocycles. The number of ether oxygens (including phenoxy) is 1. The molecule has 0 aliphatic carbocycles. The average Bonchev–Trinajstić information content (AvgIpc) is 3.36. The molecule has 2 aliphatic rings. The zero-order valence-electron chi connectivity index (χ0n) is 15.0. The third-order valence-electron chi connectivity index (χ3n) is 5.42. The van der Waals surface area contributed by atoms with Crippen LogP contribution in [0.2, 0.25) is 0 Å². The van der Waals surface area contributed by atoms with E-state index in [1.165, 1.54) is 16.9 Å². The largest absolute Gasteiger partial charge is 0.431 e. The Balaban J connectivity index is 1.23. The van der Waals surface area contributed by atoms with Gasteiger partial charge in [0.15, 0.2) is 0 Å². The first-order chi connectivity index (χ1) is 13.2. The molecule has 0 spiro atoms. The van der Waals surface area contributed by atoms with E-state index in [-0.39, 0.29) is 5.91 Å². The number of nitrogens with zero attached hydrogens (tertiary/aromatic N) is 4. The minimum atomic E-state index is 0.202. The molecule has 6 nitrogen and oxygen atoms in total. The number of carbonyl (C=O) groups is 1. The van der Waals surface area contributed by atoms with E-state index in [0.717, 1.165) is 42.2 Å². The smallest absolute Gasteiger partial charge is 0.281 e. The van der Waals surface area contributed by atoms with Crippen LogP contribution in [0.5, 0.6) is 10.9 Å². The SMILES string of the molecule is CC(=O)N1C[C@@H]2C[C@H]1CN2Cc1ccc(Oc2nc3cccnc3s2)cc1. The number of likely N-dealkylation sites (tertiary alicyclic amines) is 2. The Morgan fingerprint density at radius 3 is 2.78 bits per heavy atom. The van der Waals surface area contributed by atoms with Crippen molar-refractivity contribution in [2.75, 3.05) is 13.1 Å². The van der Waals surface area contributed by atoms with Gasteiger partial charge in [0.2, 0.25) is 5.91 Å². The summed E-state index contributed by atoms with van der Waals surface area (Å²) in [6, 6.07) is 12.9. The highest BCUT2D eigenvalue weighted by Gasteiger charge is 2.43. The number of benzene rings is 1. The summed E-state index contributed by atoms with van der Waals surface area (Å²) < 4.78 is 5.89. The molecule has 138 valence electrons. The summed E-state index contributed by atoms with van der Waals surface area (Å²) in [6.45, 7) is 4.43. The van der Waals surface area contributed by atoms with E-state index >= 15 is 0 Å². The van der Waals surface area contributed by atoms with Crippen LogP contribution in [0, 0.1) is 0 Å². The van der Waals surface area contributed by atoms with Crippen LogP contribution in [0.3, 0.4) is 0 Å². The number of rotatable bonds is 4. The lowest BCUT2D eigenvalue weighted by Crippen LogP contribution is -2.47. The monoisotopic (exact) mass is 380 g/mol. The minimum Gasteiger partial charge on any atom is -0.431 e. The van der Waals surface area contributed by atoms with Gasteiger partial charge in [0, 0.05) is 44.8 Å². The third kappa shape index (κ3) is 3.17. The van der Waals surface area contributed by atoms with Crippen molar-refractivity contribution in [2.24, 2.45) is 0 Å². The molecule has 2 bridgehead atoms. The number of fused-ring (bicyclic) bond motifs is 3. The fraction of sp³-hybridized carbons (Fsp3) is 0.350. The molecule has 3 aromatic rings. The average molecular weight is 380 g/mol. The summed E-state index contributed by atoms with van der Waals surface area (Å²) in [5.41, 5.74) is 2.12. The highest BCUT2D eigenvalue weighted by Crippen LogP contribution is 2.33. The summed E-state index contributed by atoms with van der Waals surface area (Å²) in [7, 11) is 0. The third-order valence-corrected chi connectivity index (χ3v) is 6.28. The van der Waals surface area contributed by atoms with E-state index in [0.29, 0.717) is 17.3 Å². The Morgan fingerprint density at radius 2 is 2.07 bits per heavy atom. The number of pyridine rings is 1. The quantitative estimate of drug-likeness (QED) is 0.695. The van der Waals surface area contributed by atoms with Gasteiger partial charge in [0.1, 0.15) is 16.1 Å². The van der Waals surface area contributed by atoms with Gasteiger partial charge in [-0.3, -0.25) is 9.69 Å². The number of piperazine rings is 1. The maximum Gasteiger partial charge on any atom is 0.281 e. The number of hydrogen-bond donors (Lipinski definition) is 0. The zero-order chi connectivity index (χ0) is 18.4. The van der Waals surface area contributed by atoms with Crippen LogP contribution in [0.25, 0.3) is 10.3 Å². The summed E-state index contributed by atoms with van der Waals surface area (Å²) >= 11 is 1.45. The van der Waals surface area contributed by atoms with Crippen LogP contribution >= 0.6 is 11.3 Å². The maximum absolute atomic E-state index is 11.6. The first-order valence-corrected chi connectivity index (χ1v) is 9.97. The second kappa shape index (κ2) is 6.58. The number of aromatic nitrogens is 2. The van der Waals surface area contributed by atoms with Crippen LogP contribution in [0.1, 0.15) is 18.9 Å². The molecule has 1 aromatic carbocycles. The molecule has 2 fully saturated rings. The highest BCUT2D eigenvalue weighted by atomic mass is 32.1. The lowest BCUT2D eigenvalue weighted by molar-refractivity contribution is -0.131. The first-order valence-electron chi connectivity index (χ1n) is 9.15. The van der Waals surface area contributed by atoms with E-state index < -0.39 is 0 Å². The van der Waals surface area contributed by atoms with Crippen molar-refractivity contribution in [3.8, 4) is 10.9 Å². The van der Waals surface area contributed by atoms with Crippen molar-refractivity contribution in [3.63, 3.8) is 0 Å². The van der Waals surface area contributed by atoms with Crippen LogP contribution in [0.15, 0.2) is 42.6 Å². The van der Waals surface area contributed by atoms with E-state index in [4.69, 9.17) is 4.74 Å². The Hall–Kier alpha value is -2.51. The van der Waals surface area contributed by atoms with Crippen LogP contribution < -0.4 is 4.74 Å². The standard InChI is InChI=1S/C20H20N4O2S/c1-13(25)24-12-15-9-16(24)11-23(15)10-14-4-6-17(7-5-14)26-20-22-18-3-2-8-21-19(18)27-20/h2-8,15-16H,9-12H2,1H3/t15-,16-/m0/s1. The van der Waals surface area contributed by atoms with Crippen molar-refractivity contribution in [1.29, 1.82) is 0 Å². The number of hydrogen-bond acceptors (Lipinski definition) is 6. The van der Waals surface area contributed by atoms with Gasteiger partial charge in [-0.2, -0.15) is 0 Å². The fourth-order valence-electron chi connectivity index (χ4n) is 4.12. The predicted molar refractivity (Wildman–Crippen MR) is 104 cm³/mol. The van der Waals surface area contributed by atoms with Crippen molar-refractivity contribution in [2.45, 2.75) is 32.0 Å².